The quantitative estimate of drug-likeness (QED) is 0.898. The molecule has 2 aromatic rings. The summed E-state index contributed by atoms with van der Waals surface area (Å²) in [5, 5.41) is 13.5. The lowest BCUT2D eigenvalue weighted by Gasteiger charge is -2.05. The number of aromatic nitrogens is 2. The molecule has 1 N–H and O–H groups in total. The van der Waals surface area contributed by atoms with Crippen LogP contribution in [-0.4, -0.2) is 21.5 Å². The summed E-state index contributed by atoms with van der Waals surface area (Å²) in [6.45, 7) is 6.43. The van der Waals surface area contributed by atoms with Crippen LogP contribution in [0.1, 0.15) is 28.9 Å². The molecule has 0 unspecified atom stereocenters. The van der Waals surface area contributed by atoms with Gasteiger partial charge in [-0.2, -0.15) is 5.10 Å². The third-order valence-corrected chi connectivity index (χ3v) is 3.30. The monoisotopic (exact) mass is 244 g/mol. The molecule has 1 aromatic heterocycles. The standard InChI is InChI=1S/C15H20N2O/c1-11-6-8-14(9-7-11)17-13(3)15(5-4-10-18)12(2)16-17/h6-9,18H,4-5,10H2,1-3H3. The zero-order valence-corrected chi connectivity index (χ0v) is 11.3. The normalized spacial score (nSPS) is 10.9. The highest BCUT2D eigenvalue weighted by Crippen LogP contribution is 2.19. The summed E-state index contributed by atoms with van der Waals surface area (Å²) >= 11 is 0. The molecular formula is C15H20N2O. The van der Waals surface area contributed by atoms with Crippen LogP contribution in [0.15, 0.2) is 24.3 Å². The third-order valence-electron chi connectivity index (χ3n) is 3.30. The van der Waals surface area contributed by atoms with Crippen LogP contribution in [0.2, 0.25) is 0 Å². The Morgan fingerprint density at radius 2 is 1.78 bits per heavy atom. The van der Waals surface area contributed by atoms with Gasteiger partial charge in [-0.05, 0) is 51.3 Å². The molecule has 0 bridgehead atoms. The fraction of sp³-hybridized carbons (Fsp3) is 0.400. The molecule has 0 aliphatic heterocycles. The van der Waals surface area contributed by atoms with Gasteiger partial charge in [0.2, 0.25) is 0 Å². The number of aryl methyl sites for hydroxylation is 2. The van der Waals surface area contributed by atoms with Gasteiger partial charge in [-0.1, -0.05) is 17.7 Å². The molecule has 0 radical (unpaired) electrons. The molecule has 1 aromatic carbocycles. The lowest BCUT2D eigenvalue weighted by Crippen LogP contribution is -1.99. The van der Waals surface area contributed by atoms with E-state index in [0.717, 1.165) is 24.2 Å². The van der Waals surface area contributed by atoms with Crippen molar-refractivity contribution in [1.82, 2.24) is 9.78 Å². The van der Waals surface area contributed by atoms with Crippen molar-refractivity contribution in [2.24, 2.45) is 0 Å². The molecule has 18 heavy (non-hydrogen) atoms. The van der Waals surface area contributed by atoms with Crippen molar-refractivity contribution < 1.29 is 5.11 Å². The minimum Gasteiger partial charge on any atom is -0.396 e. The minimum absolute atomic E-state index is 0.231. The number of aliphatic hydroxyl groups is 1. The highest BCUT2D eigenvalue weighted by Gasteiger charge is 2.11. The smallest absolute Gasteiger partial charge is 0.0649 e. The van der Waals surface area contributed by atoms with E-state index in [4.69, 9.17) is 5.11 Å². The fourth-order valence-corrected chi connectivity index (χ4v) is 2.23. The lowest BCUT2D eigenvalue weighted by molar-refractivity contribution is 0.288. The predicted molar refractivity (Wildman–Crippen MR) is 73.2 cm³/mol. The van der Waals surface area contributed by atoms with Crippen LogP contribution in [0.25, 0.3) is 5.69 Å². The van der Waals surface area contributed by atoms with Crippen molar-refractivity contribution in [3.05, 3.63) is 46.8 Å². The second-order valence-electron chi connectivity index (χ2n) is 4.72. The largest absolute Gasteiger partial charge is 0.396 e. The van der Waals surface area contributed by atoms with E-state index >= 15 is 0 Å². The average Bonchev–Trinajstić information content (AvgIpc) is 2.64. The first kappa shape index (κ1) is 12.8. The van der Waals surface area contributed by atoms with Crippen LogP contribution in [0, 0.1) is 20.8 Å². The Labute approximate surface area is 108 Å². The maximum absolute atomic E-state index is 8.94. The SMILES string of the molecule is Cc1ccc(-n2nc(C)c(CCCO)c2C)cc1. The van der Waals surface area contributed by atoms with Gasteiger partial charge < -0.3 is 5.11 Å². The van der Waals surface area contributed by atoms with E-state index in [1.807, 2.05) is 11.6 Å². The van der Waals surface area contributed by atoms with Crippen LogP contribution in [0.5, 0.6) is 0 Å². The van der Waals surface area contributed by atoms with Gasteiger partial charge in [0, 0.05) is 12.3 Å². The van der Waals surface area contributed by atoms with Crippen molar-refractivity contribution in [2.45, 2.75) is 33.6 Å². The predicted octanol–water partition coefficient (Wildman–Crippen LogP) is 2.72. The summed E-state index contributed by atoms with van der Waals surface area (Å²) in [5.74, 6) is 0. The molecule has 0 atom stereocenters. The van der Waals surface area contributed by atoms with E-state index in [0.29, 0.717) is 0 Å². The van der Waals surface area contributed by atoms with E-state index in [9.17, 15) is 0 Å². The molecule has 0 fully saturated rings. The van der Waals surface area contributed by atoms with Crippen LogP contribution in [0.3, 0.4) is 0 Å². The van der Waals surface area contributed by atoms with Gasteiger partial charge in [0.1, 0.15) is 0 Å². The van der Waals surface area contributed by atoms with Crippen LogP contribution in [-0.2, 0) is 6.42 Å². The molecule has 3 nitrogen and oxygen atoms in total. The zero-order chi connectivity index (χ0) is 13.1. The van der Waals surface area contributed by atoms with Gasteiger partial charge in [-0.15, -0.1) is 0 Å². The number of nitrogens with zero attached hydrogens (tertiary/aromatic N) is 2. The Bertz CT molecular complexity index is 526. The molecule has 0 aliphatic rings. The molecule has 3 heteroatoms. The first-order valence-corrected chi connectivity index (χ1v) is 6.36. The topological polar surface area (TPSA) is 38.0 Å². The van der Waals surface area contributed by atoms with Gasteiger partial charge in [0.15, 0.2) is 0 Å². The summed E-state index contributed by atoms with van der Waals surface area (Å²) in [5.41, 5.74) is 5.83. The van der Waals surface area contributed by atoms with Gasteiger partial charge in [0.25, 0.3) is 0 Å². The van der Waals surface area contributed by atoms with E-state index in [-0.39, 0.29) is 6.61 Å². The van der Waals surface area contributed by atoms with Crippen LogP contribution in [0.4, 0.5) is 0 Å². The Morgan fingerprint density at radius 1 is 1.11 bits per heavy atom. The first-order chi connectivity index (χ1) is 8.63. The summed E-state index contributed by atoms with van der Waals surface area (Å²) < 4.78 is 1.99. The number of hydrogen-bond acceptors (Lipinski definition) is 2. The second kappa shape index (κ2) is 5.36. The summed E-state index contributed by atoms with van der Waals surface area (Å²) in [6, 6.07) is 8.37. The Balaban J connectivity index is 2.37. The minimum atomic E-state index is 0.231. The van der Waals surface area contributed by atoms with Crippen LogP contribution >= 0.6 is 0 Å². The summed E-state index contributed by atoms with van der Waals surface area (Å²) in [4.78, 5) is 0. The Hall–Kier alpha value is -1.61. The molecule has 0 amide bonds. The Morgan fingerprint density at radius 3 is 2.39 bits per heavy atom. The molecular weight excluding hydrogens is 224 g/mol. The molecule has 0 spiro atoms. The number of aliphatic hydroxyl groups excluding tert-OH is 1. The molecule has 1 heterocycles. The zero-order valence-electron chi connectivity index (χ0n) is 11.3. The molecule has 2 rings (SSSR count). The molecule has 0 saturated heterocycles. The molecule has 0 aliphatic carbocycles. The van der Waals surface area contributed by atoms with E-state index in [2.05, 4.69) is 43.2 Å². The van der Waals surface area contributed by atoms with E-state index < -0.39 is 0 Å². The lowest BCUT2D eigenvalue weighted by atomic mass is 10.1. The van der Waals surface area contributed by atoms with Gasteiger partial charge in [0.05, 0.1) is 11.4 Å². The van der Waals surface area contributed by atoms with Crippen molar-refractivity contribution in [1.29, 1.82) is 0 Å². The van der Waals surface area contributed by atoms with Gasteiger partial charge >= 0.3 is 0 Å². The maximum Gasteiger partial charge on any atom is 0.0649 e. The van der Waals surface area contributed by atoms with Crippen LogP contribution < -0.4 is 0 Å². The number of hydrogen-bond donors (Lipinski definition) is 1. The molecule has 0 saturated carbocycles. The highest BCUT2D eigenvalue weighted by atomic mass is 16.2. The Kier molecular flexibility index (Phi) is 3.82. The van der Waals surface area contributed by atoms with E-state index in [1.165, 1.54) is 16.8 Å². The maximum atomic E-state index is 8.94. The van der Waals surface area contributed by atoms with Crippen molar-refractivity contribution in [3.63, 3.8) is 0 Å². The van der Waals surface area contributed by atoms with E-state index in [1.54, 1.807) is 0 Å². The highest BCUT2D eigenvalue weighted by molar-refractivity contribution is 5.38. The molecule has 96 valence electrons. The third kappa shape index (κ3) is 2.46. The number of rotatable bonds is 4. The average molecular weight is 244 g/mol. The second-order valence-corrected chi connectivity index (χ2v) is 4.72. The first-order valence-electron chi connectivity index (χ1n) is 6.36. The van der Waals surface area contributed by atoms with Crippen molar-refractivity contribution in [2.75, 3.05) is 6.61 Å². The number of benzene rings is 1. The summed E-state index contributed by atoms with van der Waals surface area (Å²) in [7, 11) is 0. The summed E-state index contributed by atoms with van der Waals surface area (Å²) in [6.07, 6.45) is 1.68. The van der Waals surface area contributed by atoms with Crippen molar-refractivity contribution in [3.8, 4) is 5.69 Å². The van der Waals surface area contributed by atoms with Gasteiger partial charge in [-0.3, -0.25) is 0 Å². The van der Waals surface area contributed by atoms with Crippen molar-refractivity contribution >= 4 is 0 Å². The fourth-order valence-electron chi connectivity index (χ4n) is 2.23. The van der Waals surface area contributed by atoms with Gasteiger partial charge in [-0.25, -0.2) is 4.68 Å².